The van der Waals surface area contributed by atoms with Crippen molar-refractivity contribution in [1.82, 2.24) is 5.32 Å². The van der Waals surface area contributed by atoms with E-state index in [4.69, 9.17) is 16.7 Å². The molecule has 0 aliphatic carbocycles. The van der Waals surface area contributed by atoms with Crippen LogP contribution in [0.4, 0.5) is 0 Å². The summed E-state index contributed by atoms with van der Waals surface area (Å²) < 4.78 is 4.88. The van der Waals surface area contributed by atoms with Crippen molar-refractivity contribution in [2.24, 2.45) is 0 Å². The van der Waals surface area contributed by atoms with Gasteiger partial charge in [-0.2, -0.15) is 0 Å². The molecule has 1 amide bonds. The van der Waals surface area contributed by atoms with E-state index in [0.29, 0.717) is 9.21 Å². The van der Waals surface area contributed by atoms with Gasteiger partial charge in [-0.05, 0) is 12.1 Å². The number of carbonyl (C=O) groups excluding carboxylic acids is 2. The summed E-state index contributed by atoms with van der Waals surface area (Å²) >= 11 is 6.75. The van der Waals surface area contributed by atoms with Gasteiger partial charge in [-0.3, -0.25) is 4.79 Å². The highest BCUT2D eigenvalue weighted by molar-refractivity contribution is 7.18. The van der Waals surface area contributed by atoms with Gasteiger partial charge in [-0.15, -0.1) is 11.3 Å². The Kier molecular flexibility index (Phi) is 4.72. The number of carbonyl (C=O) groups is 2. The number of nitrogens with one attached hydrogen (secondary N) is 1. The second-order valence-corrected chi connectivity index (χ2v) is 4.55. The van der Waals surface area contributed by atoms with Crippen LogP contribution in [0, 0.1) is 0 Å². The smallest absolute Gasteiger partial charge is 0.330 e. The summed E-state index contributed by atoms with van der Waals surface area (Å²) in [7, 11) is 1.18. The highest BCUT2D eigenvalue weighted by Crippen LogP contribution is 2.21. The van der Waals surface area contributed by atoms with Crippen molar-refractivity contribution in [3.63, 3.8) is 0 Å². The highest BCUT2D eigenvalue weighted by atomic mass is 35.5. The zero-order valence-corrected chi connectivity index (χ0v) is 9.97. The molecular formula is C9H10ClNO4S. The molecule has 0 fully saturated rings. The van der Waals surface area contributed by atoms with Gasteiger partial charge in [0.25, 0.3) is 5.91 Å². The van der Waals surface area contributed by atoms with Crippen LogP contribution in [-0.2, 0) is 9.53 Å². The summed E-state index contributed by atoms with van der Waals surface area (Å²) in [5.41, 5.74) is 0. The van der Waals surface area contributed by atoms with E-state index in [1.807, 2.05) is 0 Å². The quantitative estimate of drug-likeness (QED) is 0.783. The van der Waals surface area contributed by atoms with Gasteiger partial charge in [-0.25, -0.2) is 4.79 Å². The molecule has 0 aliphatic heterocycles. The maximum atomic E-state index is 11.6. The van der Waals surface area contributed by atoms with Crippen molar-refractivity contribution in [1.29, 1.82) is 0 Å². The maximum absolute atomic E-state index is 11.6. The molecule has 0 spiro atoms. The lowest BCUT2D eigenvalue weighted by Gasteiger charge is -2.12. The monoisotopic (exact) mass is 263 g/mol. The Morgan fingerprint density at radius 2 is 2.31 bits per heavy atom. The lowest BCUT2D eigenvalue weighted by atomic mass is 10.3. The molecule has 1 atom stereocenters. The van der Waals surface area contributed by atoms with Crippen LogP contribution in [0.2, 0.25) is 4.34 Å². The van der Waals surface area contributed by atoms with Gasteiger partial charge in [0.15, 0.2) is 6.04 Å². The minimum Gasteiger partial charge on any atom is -0.467 e. The van der Waals surface area contributed by atoms with Crippen molar-refractivity contribution in [3.05, 3.63) is 21.3 Å². The molecule has 0 saturated heterocycles. The minimum absolute atomic E-state index is 0.368. The second-order valence-electron chi connectivity index (χ2n) is 2.84. The Balaban J connectivity index is 2.66. The fourth-order valence-electron chi connectivity index (χ4n) is 0.987. The molecular weight excluding hydrogens is 254 g/mol. The molecule has 0 aromatic carbocycles. The van der Waals surface area contributed by atoms with Crippen molar-refractivity contribution in [3.8, 4) is 0 Å². The number of aliphatic hydroxyl groups excluding tert-OH is 1. The number of rotatable bonds is 4. The lowest BCUT2D eigenvalue weighted by molar-refractivity contribution is -0.143. The van der Waals surface area contributed by atoms with E-state index < -0.39 is 24.5 Å². The third kappa shape index (κ3) is 3.19. The van der Waals surface area contributed by atoms with E-state index in [2.05, 4.69) is 10.1 Å². The molecule has 16 heavy (non-hydrogen) atoms. The number of thiophene rings is 1. The average Bonchev–Trinajstić information content (AvgIpc) is 2.71. The molecule has 1 aromatic rings. The fourth-order valence-corrected chi connectivity index (χ4v) is 1.93. The highest BCUT2D eigenvalue weighted by Gasteiger charge is 2.21. The first-order valence-electron chi connectivity index (χ1n) is 4.33. The maximum Gasteiger partial charge on any atom is 0.330 e. The Hall–Kier alpha value is -1.11. The van der Waals surface area contributed by atoms with Crippen LogP contribution in [0.5, 0.6) is 0 Å². The molecule has 1 heterocycles. The number of amides is 1. The first-order chi connectivity index (χ1) is 7.58. The predicted octanol–water partition coefficient (Wildman–Crippen LogP) is 0.665. The number of esters is 1. The van der Waals surface area contributed by atoms with E-state index in [0.717, 1.165) is 11.3 Å². The first kappa shape index (κ1) is 13.0. The molecule has 0 radical (unpaired) electrons. The van der Waals surface area contributed by atoms with E-state index in [9.17, 15) is 9.59 Å². The van der Waals surface area contributed by atoms with Crippen molar-refractivity contribution in [2.75, 3.05) is 13.7 Å². The van der Waals surface area contributed by atoms with Crippen LogP contribution in [0.25, 0.3) is 0 Å². The lowest BCUT2D eigenvalue weighted by Crippen LogP contribution is -2.43. The molecule has 0 unspecified atom stereocenters. The third-order valence-corrected chi connectivity index (χ3v) is 3.00. The number of hydrogen-bond donors (Lipinski definition) is 2. The van der Waals surface area contributed by atoms with E-state index in [1.54, 1.807) is 6.07 Å². The van der Waals surface area contributed by atoms with Crippen LogP contribution >= 0.6 is 22.9 Å². The summed E-state index contributed by atoms with van der Waals surface area (Å²) in [6, 6.07) is 2.06. The Labute approximate surface area is 101 Å². The number of aliphatic hydroxyl groups is 1. The molecule has 5 nitrogen and oxygen atoms in total. The van der Waals surface area contributed by atoms with Crippen LogP contribution in [-0.4, -0.2) is 36.7 Å². The third-order valence-electron chi connectivity index (χ3n) is 1.77. The van der Waals surface area contributed by atoms with Crippen LogP contribution in [0.15, 0.2) is 12.1 Å². The molecule has 1 rings (SSSR count). The molecule has 7 heteroatoms. The summed E-state index contributed by atoms with van der Waals surface area (Å²) in [5.74, 6) is -1.17. The van der Waals surface area contributed by atoms with Gasteiger partial charge < -0.3 is 15.2 Å². The van der Waals surface area contributed by atoms with Crippen LogP contribution < -0.4 is 5.32 Å². The Morgan fingerprint density at radius 3 is 2.75 bits per heavy atom. The van der Waals surface area contributed by atoms with Gasteiger partial charge in [0.2, 0.25) is 0 Å². The van der Waals surface area contributed by atoms with E-state index in [1.165, 1.54) is 13.2 Å². The standard InChI is InChI=1S/C9H10ClNO4S/c1-15-9(14)5(4-12)11-8(13)6-2-3-7(10)16-6/h2-3,5,12H,4H2,1H3,(H,11,13)/t5-/m1/s1. The number of hydrogen-bond acceptors (Lipinski definition) is 5. The largest absolute Gasteiger partial charge is 0.467 e. The zero-order valence-electron chi connectivity index (χ0n) is 8.40. The summed E-state index contributed by atoms with van der Waals surface area (Å²) in [6.07, 6.45) is 0. The number of ether oxygens (including phenoxy) is 1. The van der Waals surface area contributed by atoms with E-state index >= 15 is 0 Å². The van der Waals surface area contributed by atoms with Gasteiger partial charge in [0, 0.05) is 0 Å². The molecule has 2 N–H and O–H groups in total. The predicted molar refractivity (Wildman–Crippen MR) is 59.7 cm³/mol. The SMILES string of the molecule is COC(=O)[C@@H](CO)NC(=O)c1ccc(Cl)s1. The molecule has 1 aromatic heterocycles. The minimum atomic E-state index is -1.06. The van der Waals surface area contributed by atoms with Gasteiger partial charge in [-0.1, -0.05) is 11.6 Å². The van der Waals surface area contributed by atoms with Gasteiger partial charge in [0.1, 0.15) is 0 Å². The first-order valence-corrected chi connectivity index (χ1v) is 5.52. The summed E-state index contributed by atoms with van der Waals surface area (Å²) in [4.78, 5) is 23.0. The van der Waals surface area contributed by atoms with Crippen molar-refractivity contribution >= 4 is 34.8 Å². The zero-order chi connectivity index (χ0) is 12.1. The molecule has 0 aliphatic rings. The number of methoxy groups -OCH3 is 1. The second kappa shape index (κ2) is 5.83. The van der Waals surface area contributed by atoms with Gasteiger partial charge in [0.05, 0.1) is 22.9 Å². The Morgan fingerprint density at radius 1 is 1.62 bits per heavy atom. The van der Waals surface area contributed by atoms with Crippen molar-refractivity contribution < 1.29 is 19.4 Å². The molecule has 88 valence electrons. The van der Waals surface area contributed by atoms with E-state index in [-0.39, 0.29) is 0 Å². The molecule has 0 saturated carbocycles. The molecule has 0 bridgehead atoms. The topological polar surface area (TPSA) is 75.6 Å². The van der Waals surface area contributed by atoms with Crippen LogP contribution in [0.1, 0.15) is 9.67 Å². The number of halogens is 1. The van der Waals surface area contributed by atoms with Gasteiger partial charge >= 0.3 is 5.97 Å². The summed E-state index contributed by atoms with van der Waals surface area (Å²) in [6.45, 7) is -0.516. The van der Waals surface area contributed by atoms with Crippen LogP contribution in [0.3, 0.4) is 0 Å². The van der Waals surface area contributed by atoms with Crippen molar-refractivity contribution in [2.45, 2.75) is 6.04 Å². The normalized spacial score (nSPS) is 11.9. The average molecular weight is 264 g/mol. The summed E-state index contributed by atoms with van der Waals surface area (Å²) in [5, 5.41) is 11.2. The fraction of sp³-hybridized carbons (Fsp3) is 0.333. The Bertz CT molecular complexity index is 393.